The molecule has 1 amide bonds. The first-order valence-corrected chi connectivity index (χ1v) is 7.34. The number of amides is 1. The highest BCUT2D eigenvalue weighted by molar-refractivity contribution is 5.91. The highest BCUT2D eigenvalue weighted by Gasteiger charge is 2.04. The van der Waals surface area contributed by atoms with Gasteiger partial charge < -0.3 is 10.6 Å². The number of hydrogen-bond acceptors (Lipinski definition) is 3. The predicted octanol–water partition coefficient (Wildman–Crippen LogP) is 3.56. The van der Waals surface area contributed by atoms with E-state index in [1.807, 2.05) is 24.3 Å². The standard InChI is InChI=1S/C18H19N3O/c1-2-15-5-3-4-6-17(15)20-12-11-18(22)21-16-9-7-14(13-19)8-10-16/h3-10,20H,2,11-12H2,1H3,(H,21,22). The third-order valence-corrected chi connectivity index (χ3v) is 3.36. The summed E-state index contributed by atoms with van der Waals surface area (Å²) in [4.78, 5) is 11.9. The molecule has 2 aromatic rings. The molecule has 0 bridgehead atoms. The van der Waals surface area contributed by atoms with E-state index >= 15 is 0 Å². The number of benzene rings is 2. The molecule has 0 heterocycles. The van der Waals surface area contributed by atoms with Gasteiger partial charge in [-0.3, -0.25) is 4.79 Å². The van der Waals surface area contributed by atoms with Gasteiger partial charge in [0, 0.05) is 24.3 Å². The molecule has 2 N–H and O–H groups in total. The van der Waals surface area contributed by atoms with Crippen molar-refractivity contribution in [3.63, 3.8) is 0 Å². The molecule has 0 aliphatic heterocycles. The van der Waals surface area contributed by atoms with Crippen molar-refractivity contribution in [2.45, 2.75) is 19.8 Å². The molecule has 4 heteroatoms. The number of anilines is 2. The van der Waals surface area contributed by atoms with Crippen molar-refractivity contribution in [3.05, 3.63) is 59.7 Å². The smallest absolute Gasteiger partial charge is 0.226 e. The van der Waals surface area contributed by atoms with E-state index in [4.69, 9.17) is 5.26 Å². The first-order valence-electron chi connectivity index (χ1n) is 7.34. The minimum absolute atomic E-state index is 0.0498. The van der Waals surface area contributed by atoms with Crippen molar-refractivity contribution < 1.29 is 4.79 Å². The molecule has 0 atom stereocenters. The van der Waals surface area contributed by atoms with Gasteiger partial charge in [0.2, 0.25) is 5.91 Å². The van der Waals surface area contributed by atoms with E-state index in [1.54, 1.807) is 24.3 Å². The molecule has 22 heavy (non-hydrogen) atoms. The molecule has 0 saturated heterocycles. The number of hydrogen-bond donors (Lipinski definition) is 2. The van der Waals surface area contributed by atoms with Gasteiger partial charge in [0.1, 0.15) is 0 Å². The molecule has 0 fully saturated rings. The highest BCUT2D eigenvalue weighted by Crippen LogP contribution is 2.15. The Morgan fingerprint density at radius 2 is 1.86 bits per heavy atom. The Labute approximate surface area is 130 Å². The van der Waals surface area contributed by atoms with Crippen LogP contribution in [0.15, 0.2) is 48.5 Å². The molecule has 0 aliphatic rings. The van der Waals surface area contributed by atoms with Gasteiger partial charge in [0.25, 0.3) is 0 Å². The Hall–Kier alpha value is -2.80. The summed E-state index contributed by atoms with van der Waals surface area (Å²) in [5, 5.41) is 14.8. The highest BCUT2D eigenvalue weighted by atomic mass is 16.1. The molecule has 0 aliphatic carbocycles. The number of nitrogens with zero attached hydrogens (tertiary/aromatic N) is 1. The van der Waals surface area contributed by atoms with Crippen LogP contribution in [-0.4, -0.2) is 12.5 Å². The quantitative estimate of drug-likeness (QED) is 0.856. The summed E-state index contributed by atoms with van der Waals surface area (Å²) in [6, 6.07) is 17.0. The minimum Gasteiger partial charge on any atom is -0.384 e. The summed E-state index contributed by atoms with van der Waals surface area (Å²) in [5.74, 6) is -0.0498. The zero-order valence-corrected chi connectivity index (χ0v) is 12.6. The van der Waals surface area contributed by atoms with Crippen molar-refractivity contribution in [3.8, 4) is 6.07 Å². The van der Waals surface area contributed by atoms with Crippen LogP contribution in [0.1, 0.15) is 24.5 Å². The Balaban J connectivity index is 1.81. The first kappa shape index (κ1) is 15.6. The van der Waals surface area contributed by atoms with Crippen molar-refractivity contribution in [1.29, 1.82) is 5.26 Å². The second-order valence-corrected chi connectivity index (χ2v) is 4.92. The lowest BCUT2D eigenvalue weighted by Gasteiger charge is -2.11. The van der Waals surface area contributed by atoms with Crippen LogP contribution in [0, 0.1) is 11.3 Å². The maximum Gasteiger partial charge on any atom is 0.226 e. The number of para-hydroxylation sites is 1. The van der Waals surface area contributed by atoms with Gasteiger partial charge in [-0.15, -0.1) is 0 Å². The van der Waals surface area contributed by atoms with Gasteiger partial charge in [0.15, 0.2) is 0 Å². The number of carbonyl (C=O) groups excluding carboxylic acids is 1. The van der Waals surface area contributed by atoms with Crippen molar-refractivity contribution in [2.24, 2.45) is 0 Å². The molecule has 2 aromatic carbocycles. The predicted molar refractivity (Wildman–Crippen MR) is 88.7 cm³/mol. The number of nitrogens with one attached hydrogen (secondary N) is 2. The number of aryl methyl sites for hydroxylation is 1. The second-order valence-electron chi connectivity index (χ2n) is 4.92. The SMILES string of the molecule is CCc1ccccc1NCCC(=O)Nc1ccc(C#N)cc1. The average molecular weight is 293 g/mol. The van der Waals surface area contributed by atoms with E-state index in [0.29, 0.717) is 24.2 Å². The van der Waals surface area contributed by atoms with E-state index in [-0.39, 0.29) is 5.91 Å². The van der Waals surface area contributed by atoms with Crippen LogP contribution in [-0.2, 0) is 11.2 Å². The van der Waals surface area contributed by atoms with Crippen molar-refractivity contribution >= 4 is 17.3 Å². The van der Waals surface area contributed by atoms with E-state index in [2.05, 4.69) is 23.6 Å². The normalized spacial score (nSPS) is 9.82. The molecule has 0 aromatic heterocycles. The second kappa shape index (κ2) is 7.84. The molecular formula is C18H19N3O. The third-order valence-electron chi connectivity index (χ3n) is 3.36. The van der Waals surface area contributed by atoms with E-state index < -0.39 is 0 Å². The Kier molecular flexibility index (Phi) is 5.56. The van der Waals surface area contributed by atoms with E-state index in [0.717, 1.165) is 12.1 Å². The van der Waals surface area contributed by atoms with Crippen LogP contribution in [0.4, 0.5) is 11.4 Å². The van der Waals surface area contributed by atoms with Gasteiger partial charge in [0.05, 0.1) is 11.6 Å². The fourth-order valence-corrected chi connectivity index (χ4v) is 2.16. The average Bonchev–Trinajstić information content (AvgIpc) is 2.56. The van der Waals surface area contributed by atoms with Crippen LogP contribution in [0.25, 0.3) is 0 Å². The molecule has 0 radical (unpaired) electrons. The van der Waals surface area contributed by atoms with Crippen LogP contribution in [0.3, 0.4) is 0 Å². The van der Waals surface area contributed by atoms with Gasteiger partial charge in [-0.25, -0.2) is 0 Å². The third kappa shape index (κ3) is 4.35. The maximum absolute atomic E-state index is 11.9. The minimum atomic E-state index is -0.0498. The molecule has 112 valence electrons. The summed E-state index contributed by atoms with van der Waals surface area (Å²) in [7, 11) is 0. The number of carbonyl (C=O) groups is 1. The van der Waals surface area contributed by atoms with Crippen LogP contribution in [0.5, 0.6) is 0 Å². The van der Waals surface area contributed by atoms with Gasteiger partial charge in [-0.1, -0.05) is 25.1 Å². The Morgan fingerprint density at radius 3 is 2.55 bits per heavy atom. The molecule has 0 spiro atoms. The lowest BCUT2D eigenvalue weighted by molar-refractivity contribution is -0.115. The summed E-state index contributed by atoms with van der Waals surface area (Å²) in [5.41, 5.74) is 3.61. The molecule has 4 nitrogen and oxygen atoms in total. The van der Waals surface area contributed by atoms with Gasteiger partial charge in [-0.05, 0) is 42.3 Å². The van der Waals surface area contributed by atoms with Gasteiger partial charge in [-0.2, -0.15) is 5.26 Å². The summed E-state index contributed by atoms with van der Waals surface area (Å²) in [6.45, 7) is 2.69. The summed E-state index contributed by atoms with van der Waals surface area (Å²) >= 11 is 0. The summed E-state index contributed by atoms with van der Waals surface area (Å²) in [6.07, 6.45) is 1.35. The van der Waals surface area contributed by atoms with Crippen molar-refractivity contribution in [2.75, 3.05) is 17.2 Å². The maximum atomic E-state index is 11.9. The lowest BCUT2D eigenvalue weighted by atomic mass is 10.1. The Morgan fingerprint density at radius 1 is 1.14 bits per heavy atom. The fraction of sp³-hybridized carbons (Fsp3) is 0.222. The molecule has 2 rings (SSSR count). The molecule has 0 unspecified atom stereocenters. The van der Waals surface area contributed by atoms with E-state index in [9.17, 15) is 4.79 Å². The number of nitriles is 1. The zero-order valence-electron chi connectivity index (χ0n) is 12.6. The van der Waals surface area contributed by atoms with Gasteiger partial charge >= 0.3 is 0 Å². The summed E-state index contributed by atoms with van der Waals surface area (Å²) < 4.78 is 0. The lowest BCUT2D eigenvalue weighted by Crippen LogP contribution is -2.16. The zero-order chi connectivity index (χ0) is 15.8. The number of rotatable bonds is 6. The van der Waals surface area contributed by atoms with Crippen molar-refractivity contribution in [1.82, 2.24) is 0 Å². The van der Waals surface area contributed by atoms with E-state index in [1.165, 1.54) is 5.56 Å². The fourth-order valence-electron chi connectivity index (χ4n) is 2.16. The largest absolute Gasteiger partial charge is 0.384 e. The first-order chi connectivity index (χ1) is 10.7. The topological polar surface area (TPSA) is 64.9 Å². The Bertz CT molecular complexity index is 671. The molecule has 0 saturated carbocycles. The monoisotopic (exact) mass is 293 g/mol. The molecular weight excluding hydrogens is 274 g/mol. The van der Waals surface area contributed by atoms with Crippen LogP contribution >= 0.6 is 0 Å². The van der Waals surface area contributed by atoms with Crippen LogP contribution in [0.2, 0.25) is 0 Å². The van der Waals surface area contributed by atoms with Crippen LogP contribution < -0.4 is 10.6 Å².